The van der Waals surface area contributed by atoms with Gasteiger partial charge in [0.25, 0.3) is 0 Å². The number of nitrogens with zero attached hydrogens (tertiary/aromatic N) is 2. The molecule has 10 N–H and O–H groups in total. The summed E-state index contributed by atoms with van der Waals surface area (Å²) < 4.78 is 0. The Morgan fingerprint density at radius 3 is 2.14 bits per heavy atom. The molecule has 0 radical (unpaired) electrons. The lowest BCUT2D eigenvalue weighted by atomic mass is 9.96. The van der Waals surface area contributed by atoms with Crippen molar-refractivity contribution in [2.45, 2.75) is 95.5 Å². The number of phenolic OH excluding ortho intramolecular Hbond substituents is 1. The minimum absolute atomic E-state index is 0.00599. The summed E-state index contributed by atoms with van der Waals surface area (Å²) in [7, 11) is 0. The van der Waals surface area contributed by atoms with E-state index in [9.17, 15) is 43.8 Å². The molecule has 7 atom stereocenters. The van der Waals surface area contributed by atoms with Crippen LogP contribution in [0.2, 0.25) is 0 Å². The van der Waals surface area contributed by atoms with Gasteiger partial charge in [0.2, 0.25) is 35.4 Å². The topological polar surface area (TPSA) is 278 Å². The smallest absolute Gasteiger partial charge is 0.326 e. The third kappa shape index (κ3) is 12.9. The van der Waals surface area contributed by atoms with Gasteiger partial charge >= 0.3 is 5.97 Å². The molecule has 1 fully saturated rings. The van der Waals surface area contributed by atoms with E-state index in [1.807, 2.05) is 6.92 Å². The van der Waals surface area contributed by atoms with Crippen LogP contribution in [0.25, 0.3) is 0 Å². The van der Waals surface area contributed by atoms with Gasteiger partial charge in [-0.3, -0.25) is 28.8 Å². The van der Waals surface area contributed by atoms with Gasteiger partial charge in [0.05, 0.1) is 18.9 Å². The number of carboxylic acids is 1. The van der Waals surface area contributed by atoms with Crippen LogP contribution >= 0.6 is 0 Å². The van der Waals surface area contributed by atoms with Gasteiger partial charge in [0.15, 0.2) is 0 Å². The number of phenols is 1. The maximum Gasteiger partial charge on any atom is 0.326 e. The van der Waals surface area contributed by atoms with Gasteiger partial charge in [-0.05, 0) is 48.9 Å². The minimum Gasteiger partial charge on any atom is -0.508 e. The minimum atomic E-state index is -1.25. The lowest BCUT2D eigenvalue weighted by Crippen LogP contribution is -2.60. The van der Waals surface area contributed by atoms with Crippen LogP contribution in [0.3, 0.4) is 0 Å². The normalized spacial score (nSPS) is 16.8. The number of aromatic amines is 1. The van der Waals surface area contributed by atoms with Gasteiger partial charge in [-0.2, -0.15) is 0 Å². The second kappa shape index (κ2) is 21.3. The first-order valence-electron chi connectivity index (χ1n) is 19.2. The third-order valence-electron chi connectivity index (χ3n) is 9.99. The number of carbonyl (C=O) groups excluding carboxylic acids is 6. The molecule has 1 aromatic heterocycles. The van der Waals surface area contributed by atoms with Gasteiger partial charge in [-0.15, -0.1) is 0 Å². The SMILES string of the molecule is CC[C@H](C)[C@H](NC(=O)[C@H](Cc1ccc(O)cc1)NC(=O)CNC(=O)[C@H](C)N)C(=O)N[C@@H](Cc1cnc[nH]1)C(=O)N1CCC[C@H]1C(=O)N[C@@H](Cc1ccccc1)C(=O)O. The maximum absolute atomic E-state index is 14.3. The summed E-state index contributed by atoms with van der Waals surface area (Å²) in [4.78, 5) is 101. The summed E-state index contributed by atoms with van der Waals surface area (Å²) in [6, 6.07) is 8.04. The van der Waals surface area contributed by atoms with Gasteiger partial charge in [0, 0.05) is 37.7 Å². The van der Waals surface area contributed by atoms with Crippen molar-refractivity contribution in [1.29, 1.82) is 0 Å². The highest BCUT2D eigenvalue weighted by atomic mass is 16.4. The Kier molecular flexibility index (Phi) is 16.3. The van der Waals surface area contributed by atoms with E-state index in [2.05, 4.69) is 36.6 Å². The Morgan fingerprint density at radius 1 is 0.845 bits per heavy atom. The van der Waals surface area contributed by atoms with Gasteiger partial charge in [0.1, 0.15) is 36.0 Å². The summed E-state index contributed by atoms with van der Waals surface area (Å²) in [5, 5.41) is 32.8. The van der Waals surface area contributed by atoms with E-state index in [1.165, 1.54) is 36.5 Å². The molecule has 2 heterocycles. The lowest BCUT2D eigenvalue weighted by molar-refractivity contribution is -0.145. The number of rotatable bonds is 20. The van der Waals surface area contributed by atoms with E-state index in [0.29, 0.717) is 29.7 Å². The van der Waals surface area contributed by atoms with Crippen LogP contribution in [0.5, 0.6) is 5.75 Å². The number of likely N-dealkylation sites (tertiary alicyclic amines) is 1. The van der Waals surface area contributed by atoms with Crippen LogP contribution in [0.4, 0.5) is 0 Å². The Labute approximate surface area is 336 Å². The third-order valence-corrected chi connectivity index (χ3v) is 9.99. The first-order chi connectivity index (χ1) is 27.7. The largest absolute Gasteiger partial charge is 0.508 e. The van der Waals surface area contributed by atoms with Crippen LogP contribution in [0, 0.1) is 5.92 Å². The van der Waals surface area contributed by atoms with E-state index in [4.69, 9.17) is 5.73 Å². The van der Waals surface area contributed by atoms with Crippen molar-refractivity contribution in [3.8, 4) is 5.75 Å². The monoisotopic (exact) mass is 803 g/mol. The van der Waals surface area contributed by atoms with Crippen LogP contribution in [-0.2, 0) is 52.8 Å². The fourth-order valence-corrected chi connectivity index (χ4v) is 6.51. The number of aromatic hydroxyl groups is 1. The number of nitrogens with two attached hydrogens (primary N) is 1. The number of carbonyl (C=O) groups is 7. The average Bonchev–Trinajstić information content (AvgIpc) is 3.92. The van der Waals surface area contributed by atoms with Crippen LogP contribution in [0.1, 0.15) is 56.9 Å². The highest BCUT2D eigenvalue weighted by Gasteiger charge is 2.40. The summed E-state index contributed by atoms with van der Waals surface area (Å²) in [6.45, 7) is 4.72. The van der Waals surface area contributed by atoms with Gasteiger partial charge < -0.3 is 52.4 Å². The van der Waals surface area contributed by atoms with Crippen LogP contribution in [-0.4, -0.2) is 116 Å². The second-order valence-corrected chi connectivity index (χ2v) is 14.5. The highest BCUT2D eigenvalue weighted by Crippen LogP contribution is 2.21. The average molecular weight is 804 g/mol. The summed E-state index contributed by atoms with van der Waals surface area (Å²) in [5.41, 5.74) is 7.36. The number of nitrogens with one attached hydrogen (secondary N) is 6. The number of imidazole rings is 1. The zero-order chi connectivity index (χ0) is 42.4. The molecular weight excluding hydrogens is 750 g/mol. The molecule has 1 aliphatic rings. The van der Waals surface area contributed by atoms with E-state index >= 15 is 0 Å². The van der Waals surface area contributed by atoms with Crippen LogP contribution in [0.15, 0.2) is 67.1 Å². The Hall–Kier alpha value is -6.30. The second-order valence-electron chi connectivity index (χ2n) is 14.5. The number of H-pyrrole nitrogens is 1. The molecule has 0 saturated carbocycles. The molecule has 18 heteroatoms. The molecule has 0 spiro atoms. The van der Waals surface area contributed by atoms with Crippen molar-refractivity contribution in [2.24, 2.45) is 11.7 Å². The predicted molar refractivity (Wildman–Crippen MR) is 210 cm³/mol. The van der Waals surface area contributed by atoms with Crippen molar-refractivity contribution in [3.63, 3.8) is 0 Å². The predicted octanol–water partition coefficient (Wildman–Crippen LogP) is -0.332. The first-order valence-corrected chi connectivity index (χ1v) is 19.2. The van der Waals surface area contributed by atoms with Crippen molar-refractivity contribution in [2.75, 3.05) is 13.1 Å². The van der Waals surface area contributed by atoms with Crippen molar-refractivity contribution in [1.82, 2.24) is 41.5 Å². The molecule has 2 aromatic carbocycles. The Morgan fingerprint density at radius 2 is 1.52 bits per heavy atom. The molecule has 1 saturated heterocycles. The van der Waals surface area contributed by atoms with Gasteiger partial charge in [-0.25, -0.2) is 9.78 Å². The molecule has 4 rings (SSSR count). The molecule has 58 heavy (non-hydrogen) atoms. The molecule has 0 bridgehead atoms. The number of hydrogen-bond donors (Lipinski definition) is 9. The summed E-state index contributed by atoms with van der Waals surface area (Å²) in [5.74, 6) is -5.62. The van der Waals surface area contributed by atoms with Crippen molar-refractivity contribution >= 4 is 41.4 Å². The molecule has 18 nitrogen and oxygen atoms in total. The summed E-state index contributed by atoms with van der Waals surface area (Å²) >= 11 is 0. The van der Waals surface area contributed by atoms with E-state index in [1.54, 1.807) is 49.4 Å². The van der Waals surface area contributed by atoms with Crippen LogP contribution < -0.4 is 32.3 Å². The number of amides is 6. The lowest BCUT2D eigenvalue weighted by Gasteiger charge is -2.31. The zero-order valence-corrected chi connectivity index (χ0v) is 32.8. The molecular formula is C40H53N9O9. The first kappa shape index (κ1) is 44.4. The Bertz CT molecular complexity index is 1870. The number of aliphatic carboxylic acids is 1. The number of benzene rings is 2. The molecule has 6 amide bonds. The summed E-state index contributed by atoms with van der Waals surface area (Å²) in [6.07, 6.45) is 4.01. The zero-order valence-electron chi connectivity index (χ0n) is 32.8. The fraction of sp³-hybridized carbons (Fsp3) is 0.450. The fourth-order valence-electron chi connectivity index (χ4n) is 6.51. The standard InChI is InChI=1S/C40H53N9O9/c1-4-23(2)34(48-36(53)29(17-26-12-14-28(50)15-13-26)45-33(51)21-43-35(52)24(3)41)38(55)46-30(19-27-20-42-22-44-27)39(56)49-16-8-11-32(49)37(54)47-31(40(57)58)18-25-9-6-5-7-10-25/h5-7,9-10,12-15,20,22-24,29-32,34,50H,4,8,11,16-19,21,41H2,1-3H3,(H,42,44)(H,43,52)(H,45,51)(H,46,55)(H,47,54)(H,48,53)(H,57,58)/t23-,24-,29-,30-,31-,32-,34-/m0/s1. The number of carboxylic acid groups (broad SMARTS) is 1. The van der Waals surface area contributed by atoms with E-state index in [0.717, 1.165) is 0 Å². The quantitative estimate of drug-likeness (QED) is 0.0713. The van der Waals surface area contributed by atoms with Gasteiger partial charge in [-0.1, -0.05) is 62.7 Å². The molecule has 3 aromatic rings. The maximum atomic E-state index is 14.3. The highest BCUT2D eigenvalue weighted by molar-refractivity contribution is 5.97. The number of aromatic nitrogens is 2. The molecule has 0 aliphatic carbocycles. The van der Waals surface area contributed by atoms with Crippen molar-refractivity contribution in [3.05, 3.63) is 83.9 Å². The van der Waals surface area contributed by atoms with E-state index < -0.39 is 90.1 Å². The van der Waals surface area contributed by atoms with E-state index in [-0.39, 0.29) is 38.0 Å². The number of hydrogen-bond acceptors (Lipinski definition) is 10. The van der Waals surface area contributed by atoms with Crippen molar-refractivity contribution < 1.29 is 43.8 Å². The molecule has 1 aliphatic heterocycles. The Balaban J connectivity index is 1.53. The molecule has 0 unspecified atom stereocenters. The molecule has 312 valence electrons.